The van der Waals surface area contributed by atoms with Gasteiger partial charge in [-0.2, -0.15) is 0 Å². The molecule has 0 bridgehead atoms. The highest BCUT2D eigenvalue weighted by Gasteiger charge is 2.49. The zero-order chi connectivity index (χ0) is 21.6. The Morgan fingerprint density at radius 3 is 2.61 bits per heavy atom. The molecule has 6 heteroatoms. The molecule has 2 saturated heterocycles. The van der Waals surface area contributed by atoms with Gasteiger partial charge in [-0.1, -0.05) is 36.8 Å². The number of rotatable bonds is 4. The van der Waals surface area contributed by atoms with Crippen LogP contribution in [0.3, 0.4) is 0 Å². The van der Waals surface area contributed by atoms with Crippen LogP contribution in [0.25, 0.3) is 0 Å². The Balaban J connectivity index is 1.47. The number of aliphatic hydroxyl groups is 1. The number of carbonyl (C=O) groups is 1. The predicted octanol–water partition coefficient (Wildman–Crippen LogP) is 2.56. The van der Waals surface area contributed by atoms with Crippen molar-refractivity contribution in [2.24, 2.45) is 0 Å². The van der Waals surface area contributed by atoms with E-state index in [-0.39, 0.29) is 30.6 Å². The molecule has 3 fully saturated rings. The lowest BCUT2D eigenvalue weighted by Gasteiger charge is -2.57. The van der Waals surface area contributed by atoms with Crippen LogP contribution in [0.4, 0.5) is 4.79 Å². The Kier molecular flexibility index (Phi) is 7.49. The molecular weight excluding hydrogens is 390 g/mol. The van der Waals surface area contributed by atoms with Gasteiger partial charge in [0.05, 0.1) is 6.61 Å². The number of hydrogen-bond donors (Lipinski definition) is 2. The SMILES string of the molecule is COCC#Cc1ccc([C@@H]2[C@H](CO)N3CCCCN(C(=O)NC4CCCC4)C[C@@H]23)cc1. The first-order valence-corrected chi connectivity index (χ1v) is 11.7. The van der Waals surface area contributed by atoms with Crippen LogP contribution >= 0.6 is 0 Å². The molecule has 31 heavy (non-hydrogen) atoms. The molecule has 1 saturated carbocycles. The van der Waals surface area contributed by atoms with Gasteiger partial charge in [0.2, 0.25) is 0 Å². The van der Waals surface area contributed by atoms with Crippen LogP contribution in [0.15, 0.2) is 24.3 Å². The van der Waals surface area contributed by atoms with Gasteiger partial charge in [-0.15, -0.1) is 0 Å². The van der Waals surface area contributed by atoms with Gasteiger partial charge in [0.1, 0.15) is 6.61 Å². The van der Waals surface area contributed by atoms with Crippen molar-refractivity contribution in [3.8, 4) is 11.8 Å². The summed E-state index contributed by atoms with van der Waals surface area (Å²) >= 11 is 0. The largest absolute Gasteiger partial charge is 0.395 e. The maximum Gasteiger partial charge on any atom is 0.317 e. The summed E-state index contributed by atoms with van der Waals surface area (Å²) in [7, 11) is 1.64. The van der Waals surface area contributed by atoms with E-state index < -0.39 is 0 Å². The van der Waals surface area contributed by atoms with E-state index in [0.29, 0.717) is 12.6 Å². The normalized spacial score (nSPS) is 26.8. The van der Waals surface area contributed by atoms with Gasteiger partial charge in [-0.25, -0.2) is 4.79 Å². The Morgan fingerprint density at radius 1 is 1.16 bits per heavy atom. The topological polar surface area (TPSA) is 65.0 Å². The lowest BCUT2D eigenvalue weighted by molar-refractivity contribution is -0.0591. The minimum atomic E-state index is 0.0868. The molecule has 2 aliphatic heterocycles. The maximum absolute atomic E-state index is 13.0. The van der Waals surface area contributed by atoms with E-state index in [4.69, 9.17) is 4.74 Å². The van der Waals surface area contributed by atoms with Gasteiger partial charge in [0.15, 0.2) is 0 Å². The summed E-state index contributed by atoms with van der Waals surface area (Å²) in [5, 5.41) is 13.4. The maximum atomic E-state index is 13.0. The molecule has 4 rings (SSSR count). The van der Waals surface area contributed by atoms with Crippen molar-refractivity contribution in [3.05, 3.63) is 35.4 Å². The van der Waals surface area contributed by atoms with E-state index >= 15 is 0 Å². The standard InChI is InChI=1S/C25H35N3O3/c1-31-16-6-7-19-10-12-20(13-11-19)24-22-17-27(25(30)26-21-8-2-3-9-21)14-4-5-15-28(22)23(24)18-29/h10-13,21-24,29H,2-5,8-9,14-18H2,1H3,(H,26,30)/t22-,23-,24-/m0/s1. The Hall–Kier alpha value is -2.07. The number of ether oxygens (including phenoxy) is 1. The lowest BCUT2D eigenvalue weighted by Crippen LogP contribution is -2.68. The predicted molar refractivity (Wildman–Crippen MR) is 121 cm³/mol. The minimum Gasteiger partial charge on any atom is -0.395 e. The van der Waals surface area contributed by atoms with Gasteiger partial charge in [-0.3, -0.25) is 4.90 Å². The molecule has 3 atom stereocenters. The first kappa shape index (κ1) is 22.1. The minimum absolute atomic E-state index is 0.0868. The van der Waals surface area contributed by atoms with Crippen molar-refractivity contribution in [2.75, 3.05) is 40.0 Å². The molecule has 1 aromatic rings. The third-order valence-electron chi connectivity index (χ3n) is 7.08. The Labute approximate surface area is 185 Å². The molecule has 168 valence electrons. The number of amides is 2. The first-order valence-electron chi connectivity index (χ1n) is 11.7. The number of methoxy groups -OCH3 is 1. The summed E-state index contributed by atoms with van der Waals surface area (Å²) in [6.07, 6.45) is 6.70. The van der Waals surface area contributed by atoms with E-state index in [0.717, 1.165) is 50.9 Å². The van der Waals surface area contributed by atoms with E-state index in [1.165, 1.54) is 18.4 Å². The molecule has 0 aromatic heterocycles. The van der Waals surface area contributed by atoms with E-state index in [2.05, 4.69) is 34.2 Å². The molecule has 0 radical (unpaired) electrons. The molecule has 3 aliphatic rings. The number of nitrogens with zero attached hydrogens (tertiary/aromatic N) is 2. The van der Waals surface area contributed by atoms with Gasteiger partial charge >= 0.3 is 6.03 Å². The Morgan fingerprint density at radius 2 is 1.90 bits per heavy atom. The van der Waals surface area contributed by atoms with Crippen LogP contribution < -0.4 is 5.32 Å². The van der Waals surface area contributed by atoms with Crippen molar-refractivity contribution < 1.29 is 14.6 Å². The first-order chi connectivity index (χ1) is 15.2. The second-order valence-corrected chi connectivity index (χ2v) is 9.02. The number of hydrogen-bond acceptors (Lipinski definition) is 4. The molecule has 0 spiro atoms. The van der Waals surface area contributed by atoms with Crippen molar-refractivity contribution >= 4 is 6.03 Å². The summed E-state index contributed by atoms with van der Waals surface area (Å²) in [6.45, 7) is 3.09. The van der Waals surface area contributed by atoms with Crippen molar-refractivity contribution in [1.82, 2.24) is 15.1 Å². The molecule has 6 nitrogen and oxygen atoms in total. The van der Waals surface area contributed by atoms with Crippen molar-refractivity contribution in [3.63, 3.8) is 0 Å². The molecule has 2 N–H and O–H groups in total. The van der Waals surface area contributed by atoms with Crippen molar-refractivity contribution in [1.29, 1.82) is 0 Å². The highest BCUT2D eigenvalue weighted by Crippen LogP contribution is 2.42. The zero-order valence-corrected chi connectivity index (χ0v) is 18.6. The summed E-state index contributed by atoms with van der Waals surface area (Å²) in [5.74, 6) is 6.32. The number of urea groups is 1. The third-order valence-corrected chi connectivity index (χ3v) is 7.08. The molecule has 1 aromatic carbocycles. The van der Waals surface area contributed by atoms with E-state index in [1.54, 1.807) is 7.11 Å². The van der Waals surface area contributed by atoms with Crippen LogP contribution in [0.2, 0.25) is 0 Å². The molecule has 2 amide bonds. The van der Waals surface area contributed by atoms with Crippen LogP contribution in [-0.4, -0.2) is 79.0 Å². The number of aliphatic hydroxyl groups excluding tert-OH is 1. The Bertz CT molecular complexity index is 794. The van der Waals surface area contributed by atoms with E-state index in [1.807, 2.05) is 17.0 Å². The number of benzene rings is 1. The van der Waals surface area contributed by atoms with Gasteiger partial charge in [-0.05, 0) is 49.9 Å². The zero-order valence-electron chi connectivity index (χ0n) is 18.6. The summed E-state index contributed by atoms with van der Waals surface area (Å²) in [5.41, 5.74) is 2.18. The van der Waals surface area contributed by atoms with E-state index in [9.17, 15) is 9.90 Å². The number of nitrogens with one attached hydrogen (secondary N) is 1. The number of carbonyl (C=O) groups excluding carboxylic acids is 1. The third kappa shape index (κ3) is 5.06. The fraction of sp³-hybridized carbons (Fsp3) is 0.640. The second-order valence-electron chi connectivity index (χ2n) is 9.02. The average molecular weight is 426 g/mol. The van der Waals surface area contributed by atoms with Crippen molar-refractivity contribution in [2.45, 2.75) is 62.6 Å². The van der Waals surface area contributed by atoms with Crippen LogP contribution in [0, 0.1) is 11.8 Å². The summed E-state index contributed by atoms with van der Waals surface area (Å²) in [4.78, 5) is 17.4. The molecule has 0 unspecified atom stereocenters. The smallest absolute Gasteiger partial charge is 0.317 e. The second kappa shape index (κ2) is 10.5. The average Bonchev–Trinajstić information content (AvgIpc) is 3.27. The van der Waals surface area contributed by atoms with Crippen LogP contribution in [0.5, 0.6) is 0 Å². The monoisotopic (exact) mass is 425 g/mol. The van der Waals surface area contributed by atoms with Crippen LogP contribution in [-0.2, 0) is 4.74 Å². The summed E-state index contributed by atoms with van der Waals surface area (Å²) in [6, 6.07) is 9.13. The molecule has 1 aliphatic carbocycles. The molecular formula is C25H35N3O3. The highest BCUT2D eigenvalue weighted by atomic mass is 16.5. The van der Waals surface area contributed by atoms with Gasteiger partial charge in [0.25, 0.3) is 0 Å². The van der Waals surface area contributed by atoms with Gasteiger partial charge in [0, 0.05) is 49.8 Å². The highest BCUT2D eigenvalue weighted by molar-refractivity contribution is 5.74. The fourth-order valence-electron chi connectivity index (χ4n) is 5.46. The van der Waals surface area contributed by atoms with Gasteiger partial charge < -0.3 is 20.1 Å². The summed E-state index contributed by atoms with van der Waals surface area (Å²) < 4.78 is 4.99. The number of fused-ring (bicyclic) bond motifs is 1. The fourth-order valence-corrected chi connectivity index (χ4v) is 5.46. The molecule has 2 heterocycles. The lowest BCUT2D eigenvalue weighted by atomic mass is 9.74. The quantitative estimate of drug-likeness (QED) is 0.728. The van der Waals surface area contributed by atoms with Crippen LogP contribution in [0.1, 0.15) is 55.6 Å².